The Labute approximate surface area is 359 Å². The number of sulfonamides is 1. The number of ether oxygens (including phenoxy) is 4. The van der Waals surface area contributed by atoms with Gasteiger partial charge >= 0.3 is 18.4 Å². The highest BCUT2D eigenvalue weighted by molar-refractivity contribution is 7.91. The molecule has 0 radical (unpaired) electrons. The first-order chi connectivity index (χ1) is 29.1. The van der Waals surface area contributed by atoms with Crippen molar-refractivity contribution in [3.8, 4) is 17.4 Å². The first-order valence-corrected chi connectivity index (χ1v) is 21.7. The number of hydrogen-bond acceptors (Lipinski definition) is 12. The summed E-state index contributed by atoms with van der Waals surface area (Å²) in [7, 11) is -1.97. The summed E-state index contributed by atoms with van der Waals surface area (Å²) < 4.78 is 131. The van der Waals surface area contributed by atoms with Gasteiger partial charge in [-0.05, 0) is 71.1 Å². The fourth-order valence-electron chi connectivity index (χ4n) is 7.85. The molecule has 63 heavy (non-hydrogen) atoms. The van der Waals surface area contributed by atoms with E-state index in [9.17, 15) is 53.9 Å². The van der Waals surface area contributed by atoms with Crippen LogP contribution in [-0.2, 0) is 35.3 Å². The number of allylic oxidation sites excluding steroid dienone is 1. The summed E-state index contributed by atoms with van der Waals surface area (Å²) in [6, 6.07) is -0.698. The number of alkyl halides is 6. The van der Waals surface area contributed by atoms with Crippen LogP contribution in [0.15, 0.2) is 24.3 Å². The molecule has 3 heterocycles. The number of nitrogens with zero attached hydrogens (tertiary/aromatic N) is 3. The molecule has 1 saturated heterocycles. The number of carbonyl (C=O) groups is 4. The standard InChI is InChI=1S/C40H50F6N6O10S/c1-20-10-8-9-11-22-18-38(22,34(55)51-63(57,58)37(5)12-13-37)50-31(53)26-15-23(19-52(26)33(54)29(21(2)14-20)49-35(56)62-36(3,4)40(44,45)46)61-28-17-25-24(16-27(28)59-6)47-30(39(41,42)43)32(48-25)60-7/h9,11,16-17,20-23,26,29H,8,10,12-15,18-19H2,1-7H3,(H,49,56)(H,50,53)(H,51,55)/b11-9-/t20-,21+,22+,23+,26-,29-,38+/m0/s1. The van der Waals surface area contributed by atoms with Crippen molar-refractivity contribution in [3.05, 3.63) is 30.0 Å². The van der Waals surface area contributed by atoms with E-state index in [4.69, 9.17) is 18.9 Å². The molecule has 2 aromatic rings. The number of fused-ring (bicyclic) bond motifs is 3. The largest absolute Gasteiger partial charge is 0.493 e. The Balaban J connectivity index is 1.38. The molecule has 4 aliphatic rings. The monoisotopic (exact) mass is 920 g/mol. The second kappa shape index (κ2) is 16.8. The van der Waals surface area contributed by atoms with E-state index in [1.54, 1.807) is 19.1 Å². The van der Waals surface area contributed by atoms with Crippen LogP contribution < -0.4 is 29.6 Å². The summed E-state index contributed by atoms with van der Waals surface area (Å²) in [5.74, 6) is -5.34. The van der Waals surface area contributed by atoms with Crippen LogP contribution in [0, 0.1) is 17.8 Å². The number of hydrogen-bond donors (Lipinski definition) is 3. The lowest BCUT2D eigenvalue weighted by molar-refractivity contribution is -0.244. The van der Waals surface area contributed by atoms with Gasteiger partial charge in [0.2, 0.25) is 39.0 Å². The van der Waals surface area contributed by atoms with Gasteiger partial charge in [0.1, 0.15) is 23.7 Å². The molecule has 0 unspecified atom stereocenters. The van der Waals surface area contributed by atoms with Crippen LogP contribution in [0.4, 0.5) is 31.1 Å². The lowest BCUT2D eigenvalue weighted by atomic mass is 9.88. The van der Waals surface area contributed by atoms with Crippen LogP contribution in [0.25, 0.3) is 11.0 Å². The van der Waals surface area contributed by atoms with Gasteiger partial charge < -0.3 is 34.5 Å². The van der Waals surface area contributed by atoms with E-state index in [0.717, 1.165) is 18.1 Å². The van der Waals surface area contributed by atoms with Crippen molar-refractivity contribution in [3.63, 3.8) is 0 Å². The Kier molecular flexibility index (Phi) is 12.6. The van der Waals surface area contributed by atoms with E-state index in [1.165, 1.54) is 20.1 Å². The molecule has 1 aromatic heterocycles. The number of methoxy groups -OCH3 is 2. The molecule has 0 spiro atoms. The van der Waals surface area contributed by atoms with Gasteiger partial charge in [0.05, 0.1) is 36.5 Å². The highest BCUT2D eigenvalue weighted by Gasteiger charge is 2.63. The minimum atomic E-state index is -4.98. The lowest BCUT2D eigenvalue weighted by Gasteiger charge is -2.34. The molecular weight excluding hydrogens is 871 g/mol. The third kappa shape index (κ3) is 9.71. The second-order valence-electron chi connectivity index (χ2n) is 17.6. The molecule has 2 saturated carbocycles. The maximum atomic E-state index is 14.8. The van der Waals surface area contributed by atoms with Gasteiger partial charge in [-0.3, -0.25) is 19.1 Å². The number of carbonyl (C=O) groups excluding carboxylic acids is 4. The molecule has 348 valence electrons. The first kappa shape index (κ1) is 47.4. The molecule has 6 rings (SSSR count). The van der Waals surface area contributed by atoms with Crippen molar-refractivity contribution in [2.75, 3.05) is 20.8 Å². The number of alkyl carbamates (subject to hydrolysis) is 1. The molecule has 4 amide bonds. The fourth-order valence-corrected chi connectivity index (χ4v) is 9.16. The third-order valence-corrected chi connectivity index (χ3v) is 14.4. The minimum Gasteiger partial charge on any atom is -0.493 e. The van der Waals surface area contributed by atoms with Gasteiger partial charge in [0, 0.05) is 24.5 Å². The number of halogens is 6. The average Bonchev–Trinajstić information content (AvgIpc) is 4.06. The predicted octanol–water partition coefficient (Wildman–Crippen LogP) is 5.34. The summed E-state index contributed by atoms with van der Waals surface area (Å²) in [5, 5.41) is 5.01. The summed E-state index contributed by atoms with van der Waals surface area (Å²) in [4.78, 5) is 65.1. The van der Waals surface area contributed by atoms with Gasteiger partial charge in [0.25, 0.3) is 5.91 Å². The Bertz CT molecular complexity index is 2290. The first-order valence-electron chi connectivity index (χ1n) is 20.2. The molecule has 2 aliphatic heterocycles. The normalized spacial score (nSPS) is 28.3. The van der Waals surface area contributed by atoms with Crippen LogP contribution in [0.5, 0.6) is 17.4 Å². The maximum Gasteiger partial charge on any atom is 0.438 e. The number of amides is 4. The molecule has 23 heteroatoms. The third-order valence-electron chi connectivity index (χ3n) is 12.2. The molecular formula is C40H50F6N6O10S. The molecule has 7 atom stereocenters. The van der Waals surface area contributed by atoms with Crippen LogP contribution in [0.3, 0.4) is 0 Å². The van der Waals surface area contributed by atoms with Crippen molar-refractivity contribution in [1.29, 1.82) is 0 Å². The van der Waals surface area contributed by atoms with E-state index in [1.807, 2.05) is 6.92 Å². The summed E-state index contributed by atoms with van der Waals surface area (Å²) >= 11 is 0. The summed E-state index contributed by atoms with van der Waals surface area (Å²) in [6.07, 6.45) is -7.40. The number of aromatic nitrogens is 2. The zero-order valence-electron chi connectivity index (χ0n) is 35.5. The number of benzene rings is 1. The van der Waals surface area contributed by atoms with Crippen molar-refractivity contribution in [1.82, 2.24) is 30.2 Å². The van der Waals surface area contributed by atoms with Crippen LogP contribution in [0.2, 0.25) is 0 Å². The number of rotatable bonds is 9. The Morgan fingerprint density at radius 1 is 0.968 bits per heavy atom. The zero-order chi connectivity index (χ0) is 46.7. The minimum absolute atomic E-state index is 0.0142. The average molecular weight is 921 g/mol. The molecule has 3 N–H and O–H groups in total. The van der Waals surface area contributed by atoms with Gasteiger partial charge in [0.15, 0.2) is 11.5 Å². The second-order valence-corrected chi connectivity index (χ2v) is 19.7. The quantitative estimate of drug-likeness (QED) is 0.216. The van der Waals surface area contributed by atoms with Gasteiger partial charge in [-0.25, -0.2) is 23.2 Å². The van der Waals surface area contributed by atoms with Crippen molar-refractivity contribution in [2.45, 2.75) is 126 Å². The molecule has 3 fully saturated rings. The van der Waals surface area contributed by atoms with Crippen molar-refractivity contribution in [2.24, 2.45) is 17.8 Å². The van der Waals surface area contributed by atoms with E-state index in [-0.39, 0.29) is 47.7 Å². The Morgan fingerprint density at radius 2 is 1.62 bits per heavy atom. The van der Waals surface area contributed by atoms with E-state index in [2.05, 4.69) is 25.3 Å². The Morgan fingerprint density at radius 3 is 2.22 bits per heavy atom. The van der Waals surface area contributed by atoms with Crippen LogP contribution >= 0.6 is 0 Å². The topological polar surface area (TPSA) is 204 Å². The SMILES string of the molecule is COc1cc2nc(C(F)(F)F)c(OC)nc2cc1O[C@@H]1C[C@H]2C(=O)N[C@]3(C(=O)NS(=O)(=O)C4(C)CC4)C[C@H]3/C=C\CC[C@H](C)C[C@@H](C)[C@H](NC(=O)OC(C)(C)C(F)(F)F)C(=O)N2C1. The van der Waals surface area contributed by atoms with Crippen LogP contribution in [0.1, 0.15) is 85.3 Å². The van der Waals surface area contributed by atoms with E-state index < -0.39 is 110 Å². The predicted molar refractivity (Wildman–Crippen MR) is 211 cm³/mol. The van der Waals surface area contributed by atoms with Gasteiger partial charge in [-0.15, -0.1) is 0 Å². The smallest absolute Gasteiger partial charge is 0.438 e. The summed E-state index contributed by atoms with van der Waals surface area (Å²) in [6.45, 7) is 5.84. The summed E-state index contributed by atoms with van der Waals surface area (Å²) in [5.41, 5.74) is -6.46. The molecule has 16 nitrogen and oxygen atoms in total. The van der Waals surface area contributed by atoms with Crippen LogP contribution in [-0.4, -0.2) is 108 Å². The highest BCUT2D eigenvalue weighted by Crippen LogP contribution is 2.48. The van der Waals surface area contributed by atoms with Gasteiger partial charge in [-0.1, -0.05) is 26.0 Å². The van der Waals surface area contributed by atoms with Gasteiger partial charge in [-0.2, -0.15) is 26.3 Å². The highest BCUT2D eigenvalue weighted by atomic mass is 32.2. The van der Waals surface area contributed by atoms with Crippen molar-refractivity contribution < 1.29 is 72.9 Å². The Hall–Kier alpha value is -5.09. The molecule has 1 aromatic carbocycles. The lowest BCUT2D eigenvalue weighted by Crippen LogP contribution is -2.59. The van der Waals surface area contributed by atoms with Crippen molar-refractivity contribution >= 4 is 44.9 Å². The fraction of sp³-hybridized carbons (Fsp3) is 0.650. The van der Waals surface area contributed by atoms with E-state index in [0.29, 0.717) is 39.5 Å². The maximum absolute atomic E-state index is 14.8. The van der Waals surface area contributed by atoms with E-state index >= 15 is 0 Å². The zero-order valence-corrected chi connectivity index (χ0v) is 36.3. The molecule has 0 bridgehead atoms. The number of nitrogens with one attached hydrogen (secondary N) is 3. The molecule has 2 aliphatic carbocycles.